The molecule has 0 saturated carbocycles. The molecule has 0 radical (unpaired) electrons. The zero-order valence-corrected chi connectivity index (χ0v) is 10.6. The second-order valence-corrected chi connectivity index (χ2v) is 5.54. The number of rotatable bonds is 3. The van der Waals surface area contributed by atoms with E-state index in [1.54, 1.807) is 4.72 Å². The number of hydrogen-bond donors (Lipinski definition) is 2. The van der Waals surface area contributed by atoms with Crippen molar-refractivity contribution in [1.29, 1.82) is 0 Å². The van der Waals surface area contributed by atoms with E-state index in [0.29, 0.717) is 6.07 Å². The van der Waals surface area contributed by atoms with Crippen molar-refractivity contribution >= 4 is 33.4 Å². The third kappa shape index (κ3) is 3.41. The molecule has 98 valence electrons. The quantitative estimate of drug-likeness (QED) is 0.834. The molecule has 18 heavy (non-hydrogen) atoms. The minimum Gasteiger partial charge on any atom is -0.366 e. The summed E-state index contributed by atoms with van der Waals surface area (Å²) in [6.07, 6.45) is 0.738. The van der Waals surface area contributed by atoms with E-state index >= 15 is 0 Å². The van der Waals surface area contributed by atoms with Crippen molar-refractivity contribution in [3.63, 3.8) is 0 Å². The van der Waals surface area contributed by atoms with E-state index in [2.05, 4.69) is 0 Å². The van der Waals surface area contributed by atoms with Gasteiger partial charge in [0, 0.05) is 0 Å². The van der Waals surface area contributed by atoms with Crippen LogP contribution in [0, 0.1) is 5.82 Å². The molecular weight excluding hydrogens is 287 g/mol. The molecule has 0 unspecified atom stereocenters. The minimum absolute atomic E-state index is 0.248. The number of amides is 2. The van der Waals surface area contributed by atoms with Gasteiger partial charge in [0.15, 0.2) is 0 Å². The Labute approximate surface area is 107 Å². The summed E-state index contributed by atoms with van der Waals surface area (Å²) in [5, 5.41) is -0.248. The topological polar surface area (TPSA) is 106 Å². The molecule has 1 rings (SSSR count). The number of nitrogens with two attached hydrogens (primary N) is 1. The van der Waals surface area contributed by atoms with Gasteiger partial charge in [-0.15, -0.1) is 0 Å². The molecule has 0 aliphatic heterocycles. The van der Waals surface area contributed by atoms with Gasteiger partial charge in [-0.2, -0.15) is 0 Å². The Morgan fingerprint density at radius 3 is 2.33 bits per heavy atom. The maximum absolute atomic E-state index is 13.5. The van der Waals surface area contributed by atoms with Crippen LogP contribution in [-0.2, 0) is 10.0 Å². The summed E-state index contributed by atoms with van der Waals surface area (Å²) in [4.78, 5) is 22.3. The standard InChI is InChI=1S/C9H8ClFN2O4S/c1-18(16,17)13-9(15)5-2-6(10)4(8(12)14)3-7(5)11/h2-3H,1H3,(H2,12,14)(H,13,15). The van der Waals surface area contributed by atoms with Crippen molar-refractivity contribution in [2.75, 3.05) is 6.26 Å². The molecule has 0 aromatic heterocycles. The van der Waals surface area contributed by atoms with Gasteiger partial charge < -0.3 is 5.73 Å². The van der Waals surface area contributed by atoms with Crippen LogP contribution in [0.25, 0.3) is 0 Å². The fourth-order valence-corrected chi connectivity index (χ4v) is 1.84. The third-order valence-electron chi connectivity index (χ3n) is 1.84. The van der Waals surface area contributed by atoms with E-state index in [1.807, 2.05) is 0 Å². The first-order valence-corrected chi connectivity index (χ1v) is 6.69. The average molecular weight is 295 g/mol. The maximum atomic E-state index is 13.5. The molecule has 0 heterocycles. The molecule has 3 N–H and O–H groups in total. The van der Waals surface area contributed by atoms with Crippen LogP contribution in [0.3, 0.4) is 0 Å². The first-order valence-electron chi connectivity index (χ1n) is 4.43. The van der Waals surface area contributed by atoms with Crippen LogP contribution in [-0.4, -0.2) is 26.5 Å². The Hall–Kier alpha value is -1.67. The fraction of sp³-hybridized carbons (Fsp3) is 0.111. The number of primary amides is 1. The first kappa shape index (κ1) is 14.4. The molecule has 1 aromatic rings. The van der Waals surface area contributed by atoms with E-state index in [0.717, 1.165) is 12.3 Å². The highest BCUT2D eigenvalue weighted by Crippen LogP contribution is 2.20. The Morgan fingerprint density at radius 2 is 1.89 bits per heavy atom. The largest absolute Gasteiger partial charge is 0.366 e. The molecule has 0 bridgehead atoms. The Balaban J connectivity index is 3.24. The highest BCUT2D eigenvalue weighted by Gasteiger charge is 2.19. The second-order valence-electron chi connectivity index (χ2n) is 3.38. The van der Waals surface area contributed by atoms with Gasteiger partial charge in [0.2, 0.25) is 15.9 Å². The van der Waals surface area contributed by atoms with Crippen molar-refractivity contribution in [2.45, 2.75) is 0 Å². The van der Waals surface area contributed by atoms with Crippen LogP contribution in [0.4, 0.5) is 4.39 Å². The van der Waals surface area contributed by atoms with Crippen LogP contribution in [0.15, 0.2) is 12.1 Å². The number of carbonyl (C=O) groups is 2. The number of carbonyl (C=O) groups excluding carboxylic acids is 2. The van der Waals surface area contributed by atoms with Crippen LogP contribution in [0.1, 0.15) is 20.7 Å². The molecule has 0 saturated heterocycles. The Kier molecular flexibility index (Phi) is 3.92. The highest BCUT2D eigenvalue weighted by molar-refractivity contribution is 7.89. The molecule has 1 aromatic carbocycles. The molecule has 0 aliphatic carbocycles. The lowest BCUT2D eigenvalue weighted by atomic mass is 10.1. The molecule has 0 fully saturated rings. The van der Waals surface area contributed by atoms with Crippen LogP contribution < -0.4 is 10.5 Å². The SMILES string of the molecule is CS(=O)(=O)NC(=O)c1cc(Cl)c(C(N)=O)cc1F. The summed E-state index contributed by atoms with van der Waals surface area (Å²) < 4.78 is 36.7. The first-order chi connectivity index (χ1) is 8.11. The van der Waals surface area contributed by atoms with Gasteiger partial charge in [-0.05, 0) is 12.1 Å². The number of halogens is 2. The van der Waals surface area contributed by atoms with E-state index in [4.69, 9.17) is 17.3 Å². The van der Waals surface area contributed by atoms with Crippen LogP contribution >= 0.6 is 11.6 Å². The summed E-state index contributed by atoms with van der Waals surface area (Å²) in [5.41, 5.74) is 4.02. The smallest absolute Gasteiger partial charge is 0.267 e. The lowest BCUT2D eigenvalue weighted by Gasteiger charge is -2.06. The van der Waals surface area contributed by atoms with E-state index < -0.39 is 33.2 Å². The van der Waals surface area contributed by atoms with Crippen molar-refractivity contribution in [1.82, 2.24) is 4.72 Å². The van der Waals surface area contributed by atoms with Gasteiger partial charge in [0.1, 0.15) is 5.82 Å². The summed E-state index contributed by atoms with van der Waals surface area (Å²) in [6, 6.07) is 1.50. The highest BCUT2D eigenvalue weighted by atomic mass is 35.5. The number of sulfonamides is 1. The molecular formula is C9H8ClFN2O4S. The molecule has 0 spiro atoms. The van der Waals surface area contributed by atoms with E-state index in [9.17, 15) is 22.4 Å². The third-order valence-corrected chi connectivity index (χ3v) is 2.71. The summed E-state index contributed by atoms with van der Waals surface area (Å²) in [5.74, 6) is -3.25. The summed E-state index contributed by atoms with van der Waals surface area (Å²) >= 11 is 5.61. The van der Waals surface area contributed by atoms with Crippen LogP contribution in [0.2, 0.25) is 5.02 Å². The van der Waals surface area contributed by atoms with Gasteiger partial charge in [-0.1, -0.05) is 11.6 Å². The molecule has 2 amide bonds. The van der Waals surface area contributed by atoms with Gasteiger partial charge in [0.25, 0.3) is 5.91 Å². The van der Waals surface area contributed by atoms with Crippen molar-refractivity contribution in [2.24, 2.45) is 5.73 Å². The molecule has 9 heteroatoms. The monoisotopic (exact) mass is 294 g/mol. The summed E-state index contributed by atoms with van der Waals surface area (Å²) in [6.45, 7) is 0. The number of nitrogens with one attached hydrogen (secondary N) is 1. The van der Waals surface area contributed by atoms with Crippen molar-refractivity contribution in [3.05, 3.63) is 34.1 Å². The average Bonchev–Trinajstić information content (AvgIpc) is 2.17. The normalized spacial score (nSPS) is 11.1. The Morgan fingerprint density at radius 1 is 1.33 bits per heavy atom. The predicted molar refractivity (Wildman–Crippen MR) is 62.2 cm³/mol. The lowest BCUT2D eigenvalue weighted by molar-refractivity contribution is 0.0971. The van der Waals surface area contributed by atoms with E-state index in [1.165, 1.54) is 0 Å². The number of hydrogen-bond acceptors (Lipinski definition) is 4. The van der Waals surface area contributed by atoms with Gasteiger partial charge in [-0.3, -0.25) is 9.59 Å². The van der Waals surface area contributed by atoms with Crippen LogP contribution in [0.5, 0.6) is 0 Å². The van der Waals surface area contributed by atoms with Gasteiger partial charge in [0.05, 0.1) is 22.4 Å². The summed E-state index contributed by atoms with van der Waals surface area (Å²) in [7, 11) is -3.83. The van der Waals surface area contributed by atoms with Crippen molar-refractivity contribution < 1.29 is 22.4 Å². The van der Waals surface area contributed by atoms with Gasteiger partial charge in [-0.25, -0.2) is 17.5 Å². The lowest BCUT2D eigenvalue weighted by Crippen LogP contribution is -2.30. The second kappa shape index (κ2) is 4.91. The molecule has 6 nitrogen and oxygen atoms in total. The maximum Gasteiger partial charge on any atom is 0.267 e. The molecule has 0 atom stereocenters. The van der Waals surface area contributed by atoms with Gasteiger partial charge >= 0.3 is 0 Å². The molecule has 0 aliphatic rings. The zero-order valence-electron chi connectivity index (χ0n) is 9.03. The van der Waals surface area contributed by atoms with Crippen molar-refractivity contribution in [3.8, 4) is 0 Å². The Bertz CT molecular complexity index is 630. The number of benzene rings is 1. The fourth-order valence-electron chi connectivity index (χ4n) is 1.13. The minimum atomic E-state index is -3.83. The van der Waals surface area contributed by atoms with E-state index in [-0.39, 0.29) is 10.6 Å². The predicted octanol–water partition coefficient (Wildman–Crippen LogP) is 0.267. The zero-order chi connectivity index (χ0) is 14.1.